The van der Waals surface area contributed by atoms with Gasteiger partial charge in [0.25, 0.3) is 0 Å². The fourth-order valence-electron chi connectivity index (χ4n) is 1.04. The summed E-state index contributed by atoms with van der Waals surface area (Å²) in [4.78, 5) is 7.07. The van der Waals surface area contributed by atoms with E-state index in [4.69, 9.17) is 0 Å². The van der Waals surface area contributed by atoms with Crippen LogP contribution >= 0.6 is 0 Å². The van der Waals surface area contributed by atoms with Gasteiger partial charge in [0.2, 0.25) is 0 Å². The molecule has 0 fully saturated rings. The second-order valence-electron chi connectivity index (χ2n) is 2.32. The summed E-state index contributed by atoms with van der Waals surface area (Å²) in [6.45, 7) is 12.0. The summed E-state index contributed by atoms with van der Waals surface area (Å²) >= 11 is 0. The van der Waals surface area contributed by atoms with E-state index in [1.54, 1.807) is 12.4 Å². The number of hydrogen-bond donors (Lipinski definition) is 1. The molecule has 0 bridgehead atoms. The molecule has 0 aliphatic rings. The molecule has 0 saturated heterocycles. The first-order chi connectivity index (χ1) is 8.47. The number of hydrogen-bond acceptors (Lipinski definition) is 1. The molecule has 0 amide bonds. The van der Waals surface area contributed by atoms with Crippen molar-refractivity contribution in [3.05, 3.63) is 42.9 Å². The van der Waals surface area contributed by atoms with Crippen molar-refractivity contribution >= 4 is 0 Å². The number of nitrogens with zero attached hydrogens (tertiary/aromatic N) is 1. The van der Waals surface area contributed by atoms with Crippen molar-refractivity contribution in [1.82, 2.24) is 9.97 Å². The van der Waals surface area contributed by atoms with Crippen molar-refractivity contribution in [2.45, 2.75) is 41.5 Å². The first-order valence-corrected chi connectivity index (χ1v) is 6.50. The molecule has 96 valence electrons. The molecule has 0 radical (unpaired) electrons. The topological polar surface area (TPSA) is 28.7 Å². The van der Waals surface area contributed by atoms with E-state index in [2.05, 4.69) is 9.97 Å². The predicted molar refractivity (Wildman–Crippen MR) is 78.1 cm³/mol. The van der Waals surface area contributed by atoms with E-state index >= 15 is 0 Å². The molecule has 2 heterocycles. The van der Waals surface area contributed by atoms with Crippen molar-refractivity contribution in [1.29, 1.82) is 0 Å². The molecule has 2 aromatic rings. The Morgan fingerprint density at radius 2 is 1.35 bits per heavy atom. The molecule has 2 nitrogen and oxygen atoms in total. The summed E-state index contributed by atoms with van der Waals surface area (Å²) in [5, 5.41) is 0. The van der Waals surface area contributed by atoms with Gasteiger partial charge in [0.1, 0.15) is 0 Å². The third kappa shape index (κ3) is 7.34. The van der Waals surface area contributed by atoms with E-state index in [9.17, 15) is 0 Å². The Morgan fingerprint density at radius 3 is 1.76 bits per heavy atom. The summed E-state index contributed by atoms with van der Waals surface area (Å²) in [7, 11) is 0. The molecule has 2 aromatic heterocycles. The van der Waals surface area contributed by atoms with Crippen LogP contribution < -0.4 is 0 Å². The zero-order chi connectivity index (χ0) is 13.5. The highest BCUT2D eigenvalue weighted by Gasteiger charge is 1.93. The predicted octanol–water partition coefficient (Wildman–Crippen LogP) is 5.16. The third-order valence-electron chi connectivity index (χ3n) is 1.59. The molecular weight excluding hydrogens is 208 g/mol. The quantitative estimate of drug-likeness (QED) is 0.725. The largest absolute Gasteiger partial charge is 0.361 e. The summed E-state index contributed by atoms with van der Waals surface area (Å²) in [5.74, 6) is 0. The van der Waals surface area contributed by atoms with Crippen molar-refractivity contribution in [3.63, 3.8) is 0 Å². The maximum atomic E-state index is 3.94. The van der Waals surface area contributed by atoms with Gasteiger partial charge in [-0.2, -0.15) is 0 Å². The van der Waals surface area contributed by atoms with Crippen LogP contribution in [0.1, 0.15) is 41.5 Å². The Balaban J connectivity index is 0. The van der Waals surface area contributed by atoms with Gasteiger partial charge in [-0.15, -0.1) is 0 Å². The highest BCUT2D eigenvalue weighted by atomic mass is 14.7. The van der Waals surface area contributed by atoms with Crippen molar-refractivity contribution in [3.8, 4) is 11.3 Å². The lowest BCUT2D eigenvalue weighted by molar-refractivity contribution is 1.31. The first-order valence-electron chi connectivity index (χ1n) is 6.50. The van der Waals surface area contributed by atoms with E-state index in [1.165, 1.54) is 5.56 Å². The molecule has 0 spiro atoms. The van der Waals surface area contributed by atoms with Gasteiger partial charge in [-0.05, 0) is 24.3 Å². The van der Waals surface area contributed by atoms with Crippen LogP contribution in [0.2, 0.25) is 0 Å². The first kappa shape index (κ1) is 17.8. The van der Waals surface area contributed by atoms with Gasteiger partial charge in [0.15, 0.2) is 0 Å². The van der Waals surface area contributed by atoms with Gasteiger partial charge in [-0.1, -0.05) is 41.5 Å². The minimum absolute atomic E-state index is 1.13. The van der Waals surface area contributed by atoms with Crippen molar-refractivity contribution in [2.75, 3.05) is 0 Å². The number of aromatic nitrogens is 2. The second kappa shape index (κ2) is 14.4. The summed E-state index contributed by atoms with van der Waals surface area (Å²) < 4.78 is 0. The van der Waals surface area contributed by atoms with E-state index in [0.717, 1.165) is 5.69 Å². The third-order valence-corrected chi connectivity index (χ3v) is 1.59. The Kier molecular flexibility index (Phi) is 15.1. The molecule has 17 heavy (non-hydrogen) atoms. The number of pyridine rings is 1. The van der Waals surface area contributed by atoms with Gasteiger partial charge in [-0.3, -0.25) is 4.98 Å². The number of rotatable bonds is 1. The Bertz CT molecular complexity index is 312. The number of nitrogens with one attached hydrogen (secondary N) is 1. The highest BCUT2D eigenvalue weighted by molar-refractivity contribution is 5.57. The van der Waals surface area contributed by atoms with Crippen LogP contribution in [0.25, 0.3) is 11.3 Å². The molecule has 0 aliphatic heterocycles. The van der Waals surface area contributed by atoms with Crippen LogP contribution in [0.15, 0.2) is 42.9 Å². The average molecular weight is 234 g/mol. The Labute approximate surface area is 106 Å². The number of aromatic amines is 1. The van der Waals surface area contributed by atoms with Crippen LogP contribution in [0.4, 0.5) is 0 Å². The van der Waals surface area contributed by atoms with Crippen LogP contribution in [0, 0.1) is 0 Å². The smallest absolute Gasteiger partial charge is 0.0455 e. The SMILES string of the molecule is CC.CC.CC.c1c[nH]c(-c2ccncc2)c1. The summed E-state index contributed by atoms with van der Waals surface area (Å²) in [6.07, 6.45) is 5.49. The van der Waals surface area contributed by atoms with Crippen LogP contribution in [-0.2, 0) is 0 Å². The molecule has 1 N–H and O–H groups in total. The lowest BCUT2D eigenvalue weighted by Crippen LogP contribution is -1.75. The number of H-pyrrole nitrogens is 1. The Morgan fingerprint density at radius 1 is 0.824 bits per heavy atom. The summed E-state index contributed by atoms with van der Waals surface area (Å²) in [6, 6.07) is 7.97. The normalized spacial score (nSPS) is 7.41. The zero-order valence-corrected chi connectivity index (χ0v) is 12.0. The fourth-order valence-corrected chi connectivity index (χ4v) is 1.04. The van der Waals surface area contributed by atoms with Gasteiger partial charge in [0.05, 0.1) is 0 Å². The standard InChI is InChI=1S/C9H8N2.3C2H6/c1-2-9(11-5-1)8-3-6-10-7-4-8;3*1-2/h1-7,11H;3*1-2H3. The fraction of sp³-hybridized carbons (Fsp3) is 0.400. The molecule has 2 rings (SSSR count). The zero-order valence-electron chi connectivity index (χ0n) is 12.0. The van der Waals surface area contributed by atoms with Gasteiger partial charge >= 0.3 is 0 Å². The minimum atomic E-state index is 1.13. The minimum Gasteiger partial charge on any atom is -0.361 e. The average Bonchev–Trinajstić information content (AvgIpc) is 3.01. The highest BCUT2D eigenvalue weighted by Crippen LogP contribution is 2.14. The maximum absolute atomic E-state index is 3.94. The van der Waals surface area contributed by atoms with Gasteiger partial charge in [-0.25, -0.2) is 0 Å². The molecule has 0 aromatic carbocycles. The van der Waals surface area contributed by atoms with Gasteiger partial charge < -0.3 is 4.98 Å². The van der Waals surface area contributed by atoms with Crippen LogP contribution in [-0.4, -0.2) is 9.97 Å². The van der Waals surface area contributed by atoms with Crippen LogP contribution in [0.3, 0.4) is 0 Å². The van der Waals surface area contributed by atoms with Gasteiger partial charge in [0, 0.05) is 29.8 Å². The van der Waals surface area contributed by atoms with Crippen molar-refractivity contribution < 1.29 is 0 Å². The lowest BCUT2D eigenvalue weighted by atomic mass is 10.2. The molecule has 0 aliphatic carbocycles. The summed E-state index contributed by atoms with van der Waals surface area (Å²) in [5.41, 5.74) is 2.30. The molecule has 0 atom stereocenters. The molecule has 0 unspecified atom stereocenters. The van der Waals surface area contributed by atoms with E-state index in [-0.39, 0.29) is 0 Å². The van der Waals surface area contributed by atoms with E-state index in [1.807, 2.05) is 72.0 Å². The van der Waals surface area contributed by atoms with E-state index in [0.29, 0.717) is 0 Å². The van der Waals surface area contributed by atoms with Crippen LogP contribution in [0.5, 0.6) is 0 Å². The van der Waals surface area contributed by atoms with Crippen molar-refractivity contribution in [2.24, 2.45) is 0 Å². The lowest BCUT2D eigenvalue weighted by Gasteiger charge is -1.93. The Hall–Kier alpha value is -1.57. The molecular formula is C15H26N2. The second-order valence-corrected chi connectivity index (χ2v) is 2.32. The van der Waals surface area contributed by atoms with E-state index < -0.39 is 0 Å². The maximum Gasteiger partial charge on any atom is 0.0455 e. The monoisotopic (exact) mass is 234 g/mol. The molecule has 2 heteroatoms. The molecule has 0 saturated carbocycles.